The molecule has 0 aromatic heterocycles. The van der Waals surface area contributed by atoms with Gasteiger partial charge in [0.25, 0.3) is 0 Å². The van der Waals surface area contributed by atoms with Gasteiger partial charge in [0.15, 0.2) is 5.78 Å². The predicted molar refractivity (Wildman–Crippen MR) is 109 cm³/mol. The molecule has 0 fully saturated rings. The van der Waals surface area contributed by atoms with Crippen LogP contribution in [0.25, 0.3) is 0 Å². The van der Waals surface area contributed by atoms with E-state index in [-0.39, 0.29) is 23.4 Å². The first-order valence-electron chi connectivity index (χ1n) is 9.46. The molecule has 0 amide bonds. The molecule has 3 nitrogen and oxygen atoms in total. The van der Waals surface area contributed by atoms with Crippen LogP contribution in [-0.2, 0) is 4.79 Å². The molecule has 0 radical (unpaired) electrons. The zero-order valence-electron chi connectivity index (χ0n) is 16.0. The van der Waals surface area contributed by atoms with Crippen molar-refractivity contribution in [3.05, 3.63) is 101 Å². The molecule has 0 unspecified atom stereocenters. The van der Waals surface area contributed by atoms with Crippen LogP contribution < -0.4 is 4.74 Å². The van der Waals surface area contributed by atoms with E-state index in [1.54, 1.807) is 14.0 Å². The maximum Gasteiger partial charge on any atom is 0.193 e. The maximum absolute atomic E-state index is 13.0. The van der Waals surface area contributed by atoms with Crippen molar-refractivity contribution in [3.8, 4) is 5.75 Å². The first-order chi connectivity index (χ1) is 13.6. The topological polar surface area (TPSA) is 43.4 Å². The van der Waals surface area contributed by atoms with Gasteiger partial charge in [0, 0.05) is 29.4 Å². The third kappa shape index (κ3) is 3.13. The third-order valence-electron chi connectivity index (χ3n) is 5.51. The molecule has 0 bridgehead atoms. The highest BCUT2D eigenvalue weighted by molar-refractivity contribution is 6.12. The van der Waals surface area contributed by atoms with E-state index >= 15 is 0 Å². The smallest absolute Gasteiger partial charge is 0.193 e. The predicted octanol–water partition coefficient (Wildman–Crippen LogP) is 5.13. The normalized spacial score (nSPS) is 14.1. The van der Waals surface area contributed by atoms with Gasteiger partial charge in [0.1, 0.15) is 11.5 Å². The SMILES string of the molecule is COc1cccc([C@@H](CC(C)=O)C2c3ccccc3C(=O)c3ccccc32)c1. The summed E-state index contributed by atoms with van der Waals surface area (Å²) in [6.07, 6.45) is 0.398. The van der Waals surface area contributed by atoms with E-state index in [0.29, 0.717) is 6.42 Å². The van der Waals surface area contributed by atoms with Gasteiger partial charge >= 0.3 is 0 Å². The summed E-state index contributed by atoms with van der Waals surface area (Å²) >= 11 is 0. The van der Waals surface area contributed by atoms with Gasteiger partial charge in [-0.3, -0.25) is 4.79 Å². The summed E-state index contributed by atoms with van der Waals surface area (Å²) < 4.78 is 5.41. The minimum Gasteiger partial charge on any atom is -0.497 e. The average molecular weight is 370 g/mol. The van der Waals surface area contributed by atoms with E-state index in [0.717, 1.165) is 33.6 Å². The molecular formula is C25H22O3. The molecule has 4 rings (SSSR count). The Kier molecular flexibility index (Phi) is 4.82. The Labute approximate surface area is 165 Å². The van der Waals surface area contributed by atoms with Gasteiger partial charge < -0.3 is 9.53 Å². The van der Waals surface area contributed by atoms with Crippen LogP contribution >= 0.6 is 0 Å². The number of fused-ring (bicyclic) bond motifs is 2. The maximum atomic E-state index is 13.0. The largest absolute Gasteiger partial charge is 0.497 e. The second-order valence-electron chi connectivity index (χ2n) is 7.27. The molecule has 0 heterocycles. The number of ether oxygens (including phenoxy) is 1. The van der Waals surface area contributed by atoms with Crippen LogP contribution in [0.5, 0.6) is 5.75 Å². The summed E-state index contributed by atoms with van der Waals surface area (Å²) in [5, 5.41) is 0. The summed E-state index contributed by atoms with van der Waals surface area (Å²) in [4.78, 5) is 25.3. The standard InChI is InChI=1S/C25H22O3/c1-16(26)14-23(17-8-7-9-18(15-17)28-2)24-19-10-3-5-12-21(19)25(27)22-13-6-4-11-20(22)24/h3-13,15,23-24H,14H2,1-2H3/t23-/m1/s1. The van der Waals surface area contributed by atoms with Crippen LogP contribution in [0.3, 0.4) is 0 Å². The first-order valence-corrected chi connectivity index (χ1v) is 9.46. The van der Waals surface area contributed by atoms with E-state index in [4.69, 9.17) is 4.74 Å². The molecule has 3 heteroatoms. The second kappa shape index (κ2) is 7.43. The van der Waals surface area contributed by atoms with Gasteiger partial charge in [-0.2, -0.15) is 0 Å². The first kappa shape index (κ1) is 18.2. The molecular weight excluding hydrogens is 348 g/mol. The molecule has 1 aliphatic carbocycles. The fourth-order valence-electron chi connectivity index (χ4n) is 4.31. The van der Waals surface area contributed by atoms with Crippen molar-refractivity contribution in [3.63, 3.8) is 0 Å². The van der Waals surface area contributed by atoms with Crippen LogP contribution in [0.2, 0.25) is 0 Å². The fraction of sp³-hybridized carbons (Fsp3) is 0.200. The Balaban J connectivity index is 1.94. The molecule has 1 atom stereocenters. The fourth-order valence-corrected chi connectivity index (χ4v) is 4.31. The highest BCUT2D eigenvalue weighted by Crippen LogP contribution is 2.46. The highest BCUT2D eigenvalue weighted by Gasteiger charge is 2.36. The van der Waals surface area contributed by atoms with E-state index < -0.39 is 0 Å². The number of carbonyl (C=O) groups is 2. The van der Waals surface area contributed by atoms with Crippen LogP contribution in [-0.4, -0.2) is 18.7 Å². The average Bonchev–Trinajstić information content (AvgIpc) is 2.73. The second-order valence-corrected chi connectivity index (χ2v) is 7.27. The molecule has 3 aromatic carbocycles. The van der Waals surface area contributed by atoms with E-state index in [1.165, 1.54) is 0 Å². The van der Waals surface area contributed by atoms with Crippen LogP contribution in [0.15, 0.2) is 72.8 Å². The Hall–Kier alpha value is -3.20. The molecule has 3 aromatic rings. The van der Waals surface area contributed by atoms with Crippen LogP contribution in [0, 0.1) is 0 Å². The number of hydrogen-bond acceptors (Lipinski definition) is 3. The quantitative estimate of drug-likeness (QED) is 0.625. The monoisotopic (exact) mass is 370 g/mol. The number of ketones is 2. The van der Waals surface area contributed by atoms with Gasteiger partial charge in [-0.1, -0.05) is 60.7 Å². The zero-order valence-corrected chi connectivity index (χ0v) is 16.0. The Bertz CT molecular complexity index is 1000. The number of Topliss-reactive ketones (excluding diaryl/α,β-unsaturated/α-hetero) is 1. The molecule has 0 aliphatic heterocycles. The molecule has 0 spiro atoms. The minimum absolute atomic E-state index is 0.0506. The summed E-state index contributed by atoms with van der Waals surface area (Å²) in [6.45, 7) is 1.62. The minimum atomic E-state index is -0.0806. The van der Waals surface area contributed by atoms with Crippen LogP contribution in [0.4, 0.5) is 0 Å². The zero-order chi connectivity index (χ0) is 19.7. The summed E-state index contributed by atoms with van der Waals surface area (Å²) in [7, 11) is 1.64. The molecule has 0 saturated heterocycles. The highest BCUT2D eigenvalue weighted by atomic mass is 16.5. The third-order valence-corrected chi connectivity index (χ3v) is 5.51. The lowest BCUT2D eigenvalue weighted by atomic mass is 9.68. The van der Waals surface area contributed by atoms with Gasteiger partial charge in [-0.25, -0.2) is 0 Å². The van der Waals surface area contributed by atoms with E-state index in [2.05, 4.69) is 0 Å². The lowest BCUT2D eigenvalue weighted by Crippen LogP contribution is -2.25. The van der Waals surface area contributed by atoms with E-state index in [9.17, 15) is 9.59 Å². The van der Waals surface area contributed by atoms with Crippen molar-refractivity contribution in [2.45, 2.75) is 25.2 Å². The summed E-state index contributed by atoms with van der Waals surface area (Å²) in [6, 6.07) is 23.4. The number of carbonyl (C=O) groups excluding carboxylic acids is 2. The Morgan fingerprint density at radius 3 is 2.11 bits per heavy atom. The molecule has 28 heavy (non-hydrogen) atoms. The van der Waals surface area contributed by atoms with Gasteiger partial charge in [0.2, 0.25) is 0 Å². The van der Waals surface area contributed by atoms with Crippen molar-refractivity contribution < 1.29 is 14.3 Å². The molecule has 0 N–H and O–H groups in total. The van der Waals surface area contributed by atoms with Gasteiger partial charge in [0.05, 0.1) is 7.11 Å². The number of methoxy groups -OCH3 is 1. The Morgan fingerprint density at radius 2 is 1.54 bits per heavy atom. The summed E-state index contributed by atoms with van der Waals surface area (Å²) in [5.74, 6) is 0.790. The van der Waals surface area contributed by atoms with Crippen molar-refractivity contribution >= 4 is 11.6 Å². The molecule has 0 saturated carbocycles. The van der Waals surface area contributed by atoms with Gasteiger partial charge in [-0.15, -0.1) is 0 Å². The summed E-state index contributed by atoms with van der Waals surface area (Å²) in [5.41, 5.74) is 4.46. The lowest BCUT2D eigenvalue weighted by Gasteiger charge is -2.34. The Morgan fingerprint density at radius 1 is 0.929 bits per heavy atom. The van der Waals surface area contributed by atoms with Crippen molar-refractivity contribution in [1.29, 1.82) is 0 Å². The molecule has 1 aliphatic rings. The van der Waals surface area contributed by atoms with E-state index in [1.807, 2.05) is 72.8 Å². The number of rotatable bonds is 5. The van der Waals surface area contributed by atoms with Crippen LogP contribution in [0.1, 0.15) is 57.8 Å². The lowest BCUT2D eigenvalue weighted by molar-refractivity contribution is -0.117. The number of hydrogen-bond donors (Lipinski definition) is 0. The van der Waals surface area contributed by atoms with Crippen molar-refractivity contribution in [2.75, 3.05) is 7.11 Å². The number of benzene rings is 3. The molecule has 140 valence electrons. The van der Waals surface area contributed by atoms with Gasteiger partial charge in [-0.05, 0) is 35.7 Å². The van der Waals surface area contributed by atoms with Crippen molar-refractivity contribution in [1.82, 2.24) is 0 Å². The van der Waals surface area contributed by atoms with Crippen molar-refractivity contribution in [2.24, 2.45) is 0 Å².